The van der Waals surface area contributed by atoms with E-state index in [1.165, 1.54) is 0 Å². The van der Waals surface area contributed by atoms with Crippen LogP contribution < -0.4 is 15.9 Å². The summed E-state index contributed by atoms with van der Waals surface area (Å²) in [6.45, 7) is 4.26. The second-order valence-electron chi connectivity index (χ2n) is 8.18. The number of nitrogens with one attached hydrogen (secondary N) is 2. The molecule has 6 bridgehead atoms. The van der Waals surface area contributed by atoms with Gasteiger partial charge in [0.1, 0.15) is 23.1 Å². The SMILES string of the molecule is C[C@@H]1CC2CN1CCn1[nH]c3c(cccc3c1=O)-c1nc3c(cccc3[nH]c1=O)O2. The molecule has 6 rings (SSSR count). The van der Waals surface area contributed by atoms with Crippen molar-refractivity contribution in [1.82, 2.24) is 24.6 Å². The fourth-order valence-corrected chi connectivity index (χ4v) is 4.75. The standard InChI is InChI=1S/C22H21N5O3/c1-12-10-13-11-26(12)8-9-27-22(29)15-5-2-4-14(18(15)25-27)19-21(28)23-16-6-3-7-17(30-13)20(16)24-19/h2-7,12-13,25H,8-11H2,1H3,(H,23,28)/t12-,13?/m1/s1. The summed E-state index contributed by atoms with van der Waals surface area (Å²) >= 11 is 0. The molecule has 2 aliphatic rings. The monoisotopic (exact) mass is 403 g/mol. The van der Waals surface area contributed by atoms with Gasteiger partial charge in [0.2, 0.25) is 0 Å². The highest BCUT2D eigenvalue weighted by molar-refractivity contribution is 5.93. The van der Waals surface area contributed by atoms with E-state index in [0.29, 0.717) is 45.8 Å². The van der Waals surface area contributed by atoms with Crippen molar-refractivity contribution in [3.05, 3.63) is 57.1 Å². The van der Waals surface area contributed by atoms with E-state index in [1.54, 1.807) is 16.8 Å². The Kier molecular flexibility index (Phi) is 3.67. The van der Waals surface area contributed by atoms with Gasteiger partial charge in [0.25, 0.3) is 11.1 Å². The van der Waals surface area contributed by atoms with Crippen molar-refractivity contribution in [3.8, 4) is 17.0 Å². The van der Waals surface area contributed by atoms with E-state index in [4.69, 9.17) is 9.72 Å². The Hall–Kier alpha value is -3.39. The number of nitrogens with zero attached hydrogens (tertiary/aromatic N) is 3. The van der Waals surface area contributed by atoms with Gasteiger partial charge in [0, 0.05) is 31.1 Å². The van der Waals surface area contributed by atoms with Crippen LogP contribution in [0.3, 0.4) is 0 Å². The number of rotatable bonds is 0. The Bertz CT molecular complexity index is 1420. The van der Waals surface area contributed by atoms with Crippen LogP contribution >= 0.6 is 0 Å². The summed E-state index contributed by atoms with van der Waals surface area (Å²) in [7, 11) is 0. The van der Waals surface area contributed by atoms with Crippen LogP contribution in [0.1, 0.15) is 13.3 Å². The molecule has 0 radical (unpaired) electrons. The zero-order valence-corrected chi connectivity index (χ0v) is 16.5. The summed E-state index contributed by atoms with van der Waals surface area (Å²) in [6.07, 6.45) is 0.931. The molecule has 1 fully saturated rings. The van der Waals surface area contributed by atoms with E-state index in [0.717, 1.165) is 19.5 Å². The first-order valence-corrected chi connectivity index (χ1v) is 10.2. The van der Waals surface area contributed by atoms with Gasteiger partial charge < -0.3 is 9.72 Å². The van der Waals surface area contributed by atoms with Crippen molar-refractivity contribution in [2.75, 3.05) is 13.1 Å². The lowest BCUT2D eigenvalue weighted by Gasteiger charge is -2.20. The van der Waals surface area contributed by atoms with Crippen LogP contribution in [0.5, 0.6) is 5.75 Å². The van der Waals surface area contributed by atoms with E-state index in [-0.39, 0.29) is 22.9 Å². The van der Waals surface area contributed by atoms with Crippen LogP contribution in [-0.4, -0.2) is 49.9 Å². The molecule has 0 aliphatic carbocycles. The summed E-state index contributed by atoms with van der Waals surface area (Å²) in [5.41, 5.74) is 2.38. The minimum Gasteiger partial charge on any atom is -0.487 e. The third kappa shape index (κ3) is 2.53. The molecular weight excluding hydrogens is 382 g/mol. The highest BCUT2D eigenvalue weighted by Crippen LogP contribution is 2.30. The van der Waals surface area contributed by atoms with Gasteiger partial charge in [-0.3, -0.25) is 24.3 Å². The van der Waals surface area contributed by atoms with Gasteiger partial charge in [-0.1, -0.05) is 18.2 Å². The van der Waals surface area contributed by atoms with Crippen molar-refractivity contribution >= 4 is 21.9 Å². The van der Waals surface area contributed by atoms with Crippen LogP contribution in [-0.2, 0) is 6.54 Å². The molecule has 0 amide bonds. The lowest BCUT2D eigenvalue weighted by molar-refractivity contribution is 0.195. The molecule has 1 saturated heterocycles. The molecule has 8 heteroatoms. The molecule has 8 nitrogen and oxygen atoms in total. The zero-order valence-electron chi connectivity index (χ0n) is 16.5. The maximum Gasteiger partial charge on any atom is 0.275 e. The third-order valence-corrected chi connectivity index (χ3v) is 6.30. The molecule has 2 unspecified atom stereocenters. The normalized spacial score (nSPS) is 23.2. The zero-order chi connectivity index (χ0) is 20.4. The second kappa shape index (κ2) is 6.30. The van der Waals surface area contributed by atoms with Crippen LogP contribution in [0.25, 0.3) is 33.2 Å². The summed E-state index contributed by atoms with van der Waals surface area (Å²) in [4.78, 5) is 35.8. The number of fused-ring (bicyclic) bond motifs is 5. The van der Waals surface area contributed by atoms with Gasteiger partial charge in [-0.25, -0.2) is 4.98 Å². The highest BCUT2D eigenvalue weighted by atomic mass is 16.5. The predicted octanol–water partition coefficient (Wildman–Crippen LogP) is 2.09. The van der Waals surface area contributed by atoms with E-state index >= 15 is 0 Å². The Balaban J connectivity index is 1.67. The molecule has 2 aliphatic heterocycles. The number of para-hydroxylation sites is 2. The predicted molar refractivity (Wildman–Crippen MR) is 114 cm³/mol. The number of hydrogen-bond donors (Lipinski definition) is 2. The Morgan fingerprint density at radius 2 is 2.00 bits per heavy atom. The van der Waals surface area contributed by atoms with Gasteiger partial charge in [0.05, 0.1) is 23.0 Å². The lowest BCUT2D eigenvalue weighted by atomic mass is 10.1. The van der Waals surface area contributed by atoms with Crippen molar-refractivity contribution in [2.45, 2.75) is 32.0 Å². The van der Waals surface area contributed by atoms with E-state index < -0.39 is 0 Å². The molecule has 4 aromatic rings. The van der Waals surface area contributed by atoms with Crippen molar-refractivity contribution in [2.24, 2.45) is 0 Å². The molecule has 2 aromatic carbocycles. The molecular formula is C22H21N5O3. The molecule has 2 aromatic heterocycles. The number of benzene rings is 2. The van der Waals surface area contributed by atoms with Crippen molar-refractivity contribution in [3.63, 3.8) is 0 Å². The number of hydrogen-bond acceptors (Lipinski definition) is 5. The number of aromatic amines is 2. The van der Waals surface area contributed by atoms with Crippen molar-refractivity contribution < 1.29 is 4.74 Å². The molecule has 30 heavy (non-hydrogen) atoms. The maximum atomic E-state index is 13.0. The summed E-state index contributed by atoms with van der Waals surface area (Å²) in [5, 5.41) is 3.78. The lowest BCUT2D eigenvalue weighted by Crippen LogP contribution is -2.33. The minimum absolute atomic E-state index is 0.0320. The largest absolute Gasteiger partial charge is 0.487 e. The van der Waals surface area contributed by atoms with Gasteiger partial charge >= 0.3 is 0 Å². The van der Waals surface area contributed by atoms with Crippen LogP contribution in [0.2, 0.25) is 0 Å². The maximum absolute atomic E-state index is 13.0. The van der Waals surface area contributed by atoms with Crippen molar-refractivity contribution in [1.29, 1.82) is 0 Å². The summed E-state index contributed by atoms with van der Waals surface area (Å²) in [6, 6.07) is 11.3. The average Bonchev–Trinajstić information content (AvgIpc) is 3.25. The number of ether oxygens (including phenoxy) is 1. The highest BCUT2D eigenvalue weighted by Gasteiger charge is 2.31. The van der Waals surface area contributed by atoms with Gasteiger partial charge in [-0.2, -0.15) is 0 Å². The first-order valence-electron chi connectivity index (χ1n) is 10.2. The van der Waals surface area contributed by atoms with Gasteiger partial charge in [-0.05, 0) is 25.1 Å². The molecule has 0 spiro atoms. The molecule has 3 atom stereocenters. The Labute approximate surface area is 171 Å². The smallest absolute Gasteiger partial charge is 0.275 e. The van der Waals surface area contributed by atoms with E-state index in [1.807, 2.05) is 24.3 Å². The van der Waals surface area contributed by atoms with Crippen LogP contribution in [0.4, 0.5) is 0 Å². The van der Waals surface area contributed by atoms with E-state index in [9.17, 15) is 9.59 Å². The Morgan fingerprint density at radius 3 is 2.90 bits per heavy atom. The average molecular weight is 403 g/mol. The second-order valence-corrected chi connectivity index (χ2v) is 8.18. The summed E-state index contributed by atoms with van der Waals surface area (Å²) < 4.78 is 7.98. The first kappa shape index (κ1) is 17.5. The molecule has 4 heterocycles. The molecule has 0 saturated carbocycles. The molecule has 2 N–H and O–H groups in total. The minimum atomic E-state index is -0.298. The van der Waals surface area contributed by atoms with E-state index in [2.05, 4.69) is 21.9 Å². The number of aromatic nitrogens is 4. The quantitative estimate of drug-likeness (QED) is 0.469. The third-order valence-electron chi connectivity index (χ3n) is 6.30. The Morgan fingerprint density at radius 1 is 1.13 bits per heavy atom. The van der Waals surface area contributed by atoms with Gasteiger partial charge in [-0.15, -0.1) is 0 Å². The summed E-state index contributed by atoms with van der Waals surface area (Å²) in [5.74, 6) is 0.666. The topological polar surface area (TPSA) is 96.0 Å². The molecule has 152 valence electrons. The fraction of sp³-hybridized carbons (Fsp3) is 0.318. The van der Waals surface area contributed by atoms with Crippen LogP contribution in [0.15, 0.2) is 46.0 Å². The van der Waals surface area contributed by atoms with Crippen LogP contribution in [0, 0.1) is 0 Å². The number of H-pyrrole nitrogens is 2. The first-order chi connectivity index (χ1) is 14.6. The van der Waals surface area contributed by atoms with Gasteiger partial charge in [0.15, 0.2) is 0 Å². The fourth-order valence-electron chi connectivity index (χ4n) is 4.75.